The number of aliphatic imine (C=N–C) groups is 1. The molecule has 0 radical (unpaired) electrons. The van der Waals surface area contributed by atoms with Crippen LogP contribution in [0.2, 0.25) is 0 Å². The Morgan fingerprint density at radius 2 is 1.91 bits per heavy atom. The summed E-state index contributed by atoms with van der Waals surface area (Å²) >= 11 is 1.25. The molecule has 162 valence electrons. The molecule has 3 heterocycles. The number of nitrogens with one attached hydrogen (secondary N) is 1. The lowest BCUT2D eigenvalue weighted by Crippen LogP contribution is -2.35. The summed E-state index contributed by atoms with van der Waals surface area (Å²) in [5.74, 6) is 0.268. The van der Waals surface area contributed by atoms with Crippen molar-refractivity contribution in [3.63, 3.8) is 0 Å². The Kier molecular flexibility index (Phi) is 5.58. The molecule has 2 aromatic carbocycles. The van der Waals surface area contributed by atoms with E-state index in [1.165, 1.54) is 22.3 Å². The standard InChI is InChI=1S/C25H19N5O2S/c1-16-5-2-3-6-19(16)15-32-20-10-8-17(9-11-20)13-21-22(26)30-25(28-23(21)31)33-24(29-30)18-7-4-12-27-14-18/h2-14,26H,15H2,1H3. The largest absolute Gasteiger partial charge is 0.489 e. The molecule has 0 unspecified atom stereocenters. The highest BCUT2D eigenvalue weighted by atomic mass is 32.2. The quantitative estimate of drug-likeness (QED) is 0.569. The smallest absolute Gasteiger partial charge is 0.283 e. The van der Waals surface area contributed by atoms with Crippen molar-refractivity contribution in [1.82, 2.24) is 9.99 Å². The van der Waals surface area contributed by atoms with E-state index in [4.69, 9.17) is 10.1 Å². The second kappa shape index (κ2) is 8.84. The van der Waals surface area contributed by atoms with Crippen molar-refractivity contribution >= 4 is 39.8 Å². The molecule has 0 saturated carbocycles. The maximum atomic E-state index is 12.6. The number of nitrogens with zero attached hydrogens (tertiary/aromatic N) is 4. The van der Waals surface area contributed by atoms with E-state index in [1.807, 2.05) is 54.6 Å². The number of benzene rings is 2. The molecule has 2 aliphatic heterocycles. The van der Waals surface area contributed by atoms with Crippen molar-refractivity contribution in [2.24, 2.45) is 10.1 Å². The summed E-state index contributed by atoms with van der Waals surface area (Å²) in [5.41, 5.74) is 4.08. The zero-order valence-electron chi connectivity index (χ0n) is 17.7. The van der Waals surface area contributed by atoms with E-state index in [0.29, 0.717) is 16.8 Å². The normalized spacial score (nSPS) is 16.5. The highest BCUT2D eigenvalue weighted by Gasteiger charge is 2.36. The molecule has 5 rings (SSSR count). The number of hydrogen-bond donors (Lipinski definition) is 1. The highest BCUT2D eigenvalue weighted by molar-refractivity contribution is 8.27. The third-order valence-corrected chi connectivity index (χ3v) is 6.17. The van der Waals surface area contributed by atoms with Gasteiger partial charge in [0.1, 0.15) is 17.4 Å². The number of rotatable bonds is 5. The summed E-state index contributed by atoms with van der Waals surface area (Å²) in [7, 11) is 0. The lowest BCUT2D eigenvalue weighted by Gasteiger charge is -2.20. The van der Waals surface area contributed by atoms with Gasteiger partial charge < -0.3 is 4.74 Å². The Morgan fingerprint density at radius 1 is 1.09 bits per heavy atom. The van der Waals surface area contributed by atoms with Crippen molar-refractivity contribution < 1.29 is 9.53 Å². The Hall–Kier alpha value is -4.04. The van der Waals surface area contributed by atoms with Crippen LogP contribution in [0.3, 0.4) is 0 Å². The van der Waals surface area contributed by atoms with Gasteiger partial charge in [0.05, 0.1) is 5.57 Å². The van der Waals surface area contributed by atoms with Crippen LogP contribution in [0.5, 0.6) is 5.75 Å². The summed E-state index contributed by atoms with van der Waals surface area (Å²) in [5, 5.41) is 15.4. The first kappa shape index (κ1) is 20.8. The number of hydrogen-bond acceptors (Lipinski definition) is 6. The molecule has 1 amide bonds. The molecule has 0 fully saturated rings. The van der Waals surface area contributed by atoms with E-state index in [-0.39, 0.29) is 11.4 Å². The second-order valence-corrected chi connectivity index (χ2v) is 8.41. The Balaban J connectivity index is 1.32. The fourth-order valence-electron chi connectivity index (χ4n) is 3.36. The summed E-state index contributed by atoms with van der Waals surface area (Å²) in [4.78, 5) is 20.9. The van der Waals surface area contributed by atoms with Crippen molar-refractivity contribution in [2.75, 3.05) is 0 Å². The fraction of sp³-hybridized carbons (Fsp3) is 0.0800. The Morgan fingerprint density at radius 3 is 2.67 bits per heavy atom. The topological polar surface area (TPSA) is 91.0 Å². The van der Waals surface area contributed by atoms with Gasteiger partial charge in [-0.3, -0.25) is 15.2 Å². The van der Waals surface area contributed by atoms with Crippen molar-refractivity contribution in [1.29, 1.82) is 5.41 Å². The van der Waals surface area contributed by atoms with Gasteiger partial charge in [0.25, 0.3) is 5.91 Å². The fourth-order valence-corrected chi connectivity index (χ4v) is 4.24. The van der Waals surface area contributed by atoms with Crippen LogP contribution < -0.4 is 4.74 Å². The molecule has 3 aromatic rings. The first-order chi connectivity index (χ1) is 16.1. The number of aryl methyl sites for hydroxylation is 1. The molecular weight excluding hydrogens is 434 g/mol. The van der Waals surface area contributed by atoms with E-state index in [2.05, 4.69) is 28.1 Å². The van der Waals surface area contributed by atoms with Crippen LogP contribution in [0.15, 0.2) is 88.7 Å². The number of amides is 1. The molecule has 0 aliphatic carbocycles. The average molecular weight is 454 g/mol. The van der Waals surface area contributed by atoms with E-state index < -0.39 is 5.91 Å². The highest BCUT2D eigenvalue weighted by Crippen LogP contribution is 2.30. The lowest BCUT2D eigenvalue weighted by molar-refractivity contribution is -0.114. The number of fused-ring (bicyclic) bond motifs is 1. The number of thioether (sulfide) groups is 1. The van der Waals surface area contributed by atoms with Crippen LogP contribution >= 0.6 is 11.8 Å². The van der Waals surface area contributed by atoms with Gasteiger partial charge >= 0.3 is 0 Å². The first-order valence-corrected chi connectivity index (χ1v) is 11.1. The minimum absolute atomic E-state index is 0.00345. The number of ether oxygens (including phenoxy) is 1. The predicted molar refractivity (Wildman–Crippen MR) is 130 cm³/mol. The summed E-state index contributed by atoms with van der Waals surface area (Å²) < 4.78 is 5.89. The molecule has 8 heteroatoms. The van der Waals surface area contributed by atoms with Crippen LogP contribution in [-0.2, 0) is 11.4 Å². The zero-order valence-corrected chi connectivity index (χ0v) is 18.5. The molecule has 0 spiro atoms. The first-order valence-electron chi connectivity index (χ1n) is 10.3. The molecule has 0 saturated heterocycles. The number of aromatic nitrogens is 1. The molecule has 0 atom stereocenters. The van der Waals surface area contributed by atoms with Gasteiger partial charge in [-0.25, -0.2) is 0 Å². The van der Waals surface area contributed by atoms with Gasteiger partial charge in [-0.15, -0.1) is 0 Å². The van der Waals surface area contributed by atoms with Crippen molar-refractivity contribution in [3.05, 3.63) is 101 Å². The maximum absolute atomic E-state index is 12.6. The third kappa shape index (κ3) is 4.33. The third-order valence-electron chi connectivity index (χ3n) is 5.21. The summed E-state index contributed by atoms with van der Waals surface area (Å²) in [6, 6.07) is 19.2. The van der Waals surface area contributed by atoms with Gasteiger partial charge in [-0.05, 0) is 65.7 Å². The average Bonchev–Trinajstić information content (AvgIpc) is 3.27. The van der Waals surface area contributed by atoms with Gasteiger partial charge in [-0.2, -0.15) is 15.1 Å². The number of hydrazone groups is 1. The van der Waals surface area contributed by atoms with Crippen LogP contribution in [0, 0.1) is 12.3 Å². The van der Waals surface area contributed by atoms with E-state index in [1.54, 1.807) is 18.5 Å². The number of pyridine rings is 1. The monoisotopic (exact) mass is 453 g/mol. The maximum Gasteiger partial charge on any atom is 0.283 e. The van der Waals surface area contributed by atoms with Gasteiger partial charge in [0.2, 0.25) is 5.17 Å². The molecule has 7 nitrogen and oxygen atoms in total. The van der Waals surface area contributed by atoms with Gasteiger partial charge in [-0.1, -0.05) is 36.4 Å². The van der Waals surface area contributed by atoms with Gasteiger partial charge in [0, 0.05) is 18.0 Å². The van der Waals surface area contributed by atoms with Crippen LogP contribution in [0.4, 0.5) is 0 Å². The number of carbonyl (C=O) groups excluding carboxylic acids is 1. The van der Waals surface area contributed by atoms with E-state index >= 15 is 0 Å². The van der Waals surface area contributed by atoms with E-state index in [9.17, 15) is 4.79 Å². The molecule has 2 aliphatic rings. The lowest BCUT2D eigenvalue weighted by atomic mass is 10.1. The summed E-state index contributed by atoms with van der Waals surface area (Å²) in [6.07, 6.45) is 5.02. The molecule has 1 aromatic heterocycles. The van der Waals surface area contributed by atoms with Crippen LogP contribution in [-0.4, -0.2) is 31.9 Å². The SMILES string of the molecule is Cc1ccccc1COc1ccc(C=C2C(=N)N3N=C(c4cccnc4)SC3=NC2=O)cc1. The minimum atomic E-state index is -0.457. The zero-order chi connectivity index (χ0) is 22.8. The van der Waals surface area contributed by atoms with Crippen LogP contribution in [0.25, 0.3) is 6.08 Å². The van der Waals surface area contributed by atoms with Crippen molar-refractivity contribution in [2.45, 2.75) is 13.5 Å². The van der Waals surface area contributed by atoms with E-state index in [0.717, 1.165) is 22.4 Å². The molecule has 1 N–H and O–H groups in total. The molecule has 33 heavy (non-hydrogen) atoms. The number of amidine groups is 2. The predicted octanol–water partition coefficient (Wildman–Crippen LogP) is 4.64. The Bertz CT molecular complexity index is 1330. The summed E-state index contributed by atoms with van der Waals surface area (Å²) in [6.45, 7) is 2.54. The van der Waals surface area contributed by atoms with Gasteiger partial charge in [0.15, 0.2) is 5.84 Å². The second-order valence-electron chi connectivity index (χ2n) is 7.45. The number of carbonyl (C=O) groups is 1. The molecule has 0 bridgehead atoms. The molecular formula is C25H19N5O2S. The van der Waals surface area contributed by atoms with Crippen LogP contribution in [0.1, 0.15) is 22.3 Å². The van der Waals surface area contributed by atoms with Crippen molar-refractivity contribution in [3.8, 4) is 5.75 Å². The Labute approximate surface area is 195 Å². The minimum Gasteiger partial charge on any atom is -0.489 e.